The summed E-state index contributed by atoms with van der Waals surface area (Å²) >= 11 is 0. The number of hydrogen-bond acceptors (Lipinski definition) is 5. The van der Waals surface area contributed by atoms with E-state index >= 15 is 0 Å². The molecule has 0 amide bonds. The fraction of sp³-hybridized carbons (Fsp3) is 0.636. The minimum absolute atomic E-state index is 0.0247. The largest absolute Gasteiger partial charge is 0.497 e. The molecule has 1 unspecified atom stereocenters. The van der Waals surface area contributed by atoms with Crippen LogP contribution in [0, 0.1) is 11.8 Å². The number of aliphatic hydroxyl groups is 1. The number of carbonyl (C=O) groups is 2. The van der Waals surface area contributed by atoms with Crippen molar-refractivity contribution >= 4 is 12.1 Å². The molecule has 144 valence electrons. The van der Waals surface area contributed by atoms with E-state index in [0.29, 0.717) is 0 Å². The quantitative estimate of drug-likeness (QED) is 0.648. The average Bonchev–Trinajstić information content (AvgIpc) is 3.48. The first kappa shape index (κ1) is 17.4. The van der Waals surface area contributed by atoms with E-state index in [0.717, 1.165) is 49.4 Å². The van der Waals surface area contributed by atoms with Gasteiger partial charge < -0.3 is 14.6 Å². The maximum atomic E-state index is 12.8. The number of methoxy groups -OCH3 is 1. The normalized spacial score (nSPS) is 38.1. The van der Waals surface area contributed by atoms with E-state index in [1.54, 1.807) is 7.11 Å². The molecule has 1 N–H and O–H groups in total. The molecule has 0 aromatic heterocycles. The molecule has 2 saturated carbocycles. The maximum absolute atomic E-state index is 12.8. The number of rotatable bonds is 4. The number of hydrogen-bond donors (Lipinski definition) is 1. The van der Waals surface area contributed by atoms with E-state index in [2.05, 4.69) is 11.0 Å². The van der Waals surface area contributed by atoms with Crippen molar-refractivity contribution in [3.8, 4) is 5.75 Å². The molecule has 5 rings (SSSR count). The summed E-state index contributed by atoms with van der Waals surface area (Å²) in [6, 6.07) is 6.06. The minimum atomic E-state index is -1.04. The van der Waals surface area contributed by atoms with Crippen molar-refractivity contribution in [3.63, 3.8) is 0 Å². The van der Waals surface area contributed by atoms with Crippen LogP contribution in [0.5, 0.6) is 5.75 Å². The smallest absolute Gasteiger partial charge is 0.144 e. The number of carbonyl (C=O) groups excluding carboxylic acids is 2. The van der Waals surface area contributed by atoms with Gasteiger partial charge in [-0.2, -0.15) is 0 Å². The van der Waals surface area contributed by atoms with Gasteiger partial charge in [0, 0.05) is 24.4 Å². The van der Waals surface area contributed by atoms with Crippen LogP contribution < -0.4 is 4.74 Å². The van der Waals surface area contributed by atoms with Crippen molar-refractivity contribution in [2.75, 3.05) is 20.2 Å². The van der Waals surface area contributed by atoms with E-state index < -0.39 is 16.9 Å². The number of fused-ring (bicyclic) bond motifs is 1. The van der Waals surface area contributed by atoms with Gasteiger partial charge in [0.05, 0.1) is 18.6 Å². The van der Waals surface area contributed by atoms with Gasteiger partial charge in [-0.1, -0.05) is 6.07 Å². The van der Waals surface area contributed by atoms with Gasteiger partial charge >= 0.3 is 0 Å². The zero-order valence-corrected chi connectivity index (χ0v) is 15.8. The third-order valence-electron chi connectivity index (χ3n) is 7.67. The molecule has 1 heterocycles. The minimum Gasteiger partial charge on any atom is -0.497 e. The molecule has 1 aromatic rings. The first-order valence-electron chi connectivity index (χ1n) is 10.1. The van der Waals surface area contributed by atoms with Crippen molar-refractivity contribution in [1.82, 2.24) is 4.90 Å². The Balaban J connectivity index is 1.65. The van der Waals surface area contributed by atoms with Crippen LogP contribution in [0.2, 0.25) is 0 Å². The Morgan fingerprint density at radius 1 is 1.37 bits per heavy atom. The standard InChI is InChI=1S/C22H27NO4/c1-27-17-5-4-15-8-20-22(26)10-16(13-24)19(25)11-21(22,18(15)9-17)6-7-23(20)12-14-2-3-14/h4-5,9,13-14,16,20,26H,2-3,6-8,10-12H2,1H3/t16?,20-,21-,22-/m1/s1. The molecular weight excluding hydrogens is 342 g/mol. The number of Topliss-reactive ketones (excluding diaryl/α,β-unsaturated/α-hetero) is 1. The second kappa shape index (κ2) is 5.89. The Kier molecular flexibility index (Phi) is 3.79. The van der Waals surface area contributed by atoms with E-state index in [4.69, 9.17) is 4.74 Å². The Bertz CT molecular complexity index is 804. The summed E-state index contributed by atoms with van der Waals surface area (Å²) in [4.78, 5) is 26.8. The third kappa shape index (κ3) is 2.37. The number of ketones is 1. The highest BCUT2D eigenvalue weighted by Gasteiger charge is 2.66. The van der Waals surface area contributed by atoms with Crippen LogP contribution in [-0.4, -0.2) is 53.9 Å². The summed E-state index contributed by atoms with van der Waals surface area (Å²) in [5.41, 5.74) is 0.628. The third-order valence-corrected chi connectivity index (χ3v) is 7.67. The van der Waals surface area contributed by atoms with E-state index in [1.165, 1.54) is 18.4 Å². The summed E-state index contributed by atoms with van der Waals surface area (Å²) in [5, 5.41) is 12.1. The fourth-order valence-corrected chi connectivity index (χ4v) is 6.03. The Morgan fingerprint density at radius 3 is 2.89 bits per heavy atom. The van der Waals surface area contributed by atoms with E-state index in [9.17, 15) is 14.7 Å². The molecule has 1 aromatic carbocycles. The van der Waals surface area contributed by atoms with Gasteiger partial charge in [-0.15, -0.1) is 0 Å². The predicted molar refractivity (Wildman–Crippen MR) is 99.8 cm³/mol. The molecule has 0 spiro atoms. The van der Waals surface area contributed by atoms with Crippen molar-refractivity contribution in [2.45, 2.75) is 55.6 Å². The first-order chi connectivity index (χ1) is 13.0. The zero-order valence-electron chi connectivity index (χ0n) is 15.8. The van der Waals surface area contributed by atoms with Gasteiger partial charge in [-0.3, -0.25) is 9.69 Å². The number of piperidine rings is 1. The maximum Gasteiger partial charge on any atom is 0.144 e. The van der Waals surface area contributed by atoms with Gasteiger partial charge in [0.25, 0.3) is 0 Å². The second-order valence-corrected chi connectivity index (χ2v) is 9.03. The van der Waals surface area contributed by atoms with Crippen LogP contribution in [0.3, 0.4) is 0 Å². The highest BCUT2D eigenvalue weighted by Crippen LogP contribution is 2.58. The van der Waals surface area contributed by atoms with Gasteiger partial charge in [0.15, 0.2) is 0 Å². The van der Waals surface area contributed by atoms with Crippen molar-refractivity contribution in [3.05, 3.63) is 29.3 Å². The summed E-state index contributed by atoms with van der Waals surface area (Å²) in [5.74, 6) is 0.790. The Labute approximate surface area is 159 Å². The monoisotopic (exact) mass is 369 g/mol. The summed E-state index contributed by atoms with van der Waals surface area (Å²) in [6.45, 7) is 1.92. The number of nitrogens with zero attached hydrogens (tertiary/aromatic N) is 1. The molecule has 5 heteroatoms. The molecule has 1 saturated heterocycles. The topological polar surface area (TPSA) is 66.8 Å². The van der Waals surface area contributed by atoms with Crippen molar-refractivity contribution in [1.29, 1.82) is 0 Å². The summed E-state index contributed by atoms with van der Waals surface area (Å²) in [7, 11) is 1.64. The molecule has 27 heavy (non-hydrogen) atoms. The van der Waals surface area contributed by atoms with Crippen LogP contribution in [0.25, 0.3) is 0 Å². The molecule has 3 aliphatic carbocycles. The SMILES string of the molecule is COc1ccc2c(c1)[C@]13CCN(CC4CC4)[C@H](C2)[C@]1(O)CC(C=O)C(=O)C3. The number of ether oxygens (including phenoxy) is 1. The molecule has 1 aliphatic heterocycles. The fourth-order valence-electron chi connectivity index (χ4n) is 6.03. The van der Waals surface area contributed by atoms with E-state index in [-0.39, 0.29) is 24.7 Å². The molecule has 4 atom stereocenters. The lowest BCUT2D eigenvalue weighted by Crippen LogP contribution is -2.74. The number of benzene rings is 1. The molecule has 5 nitrogen and oxygen atoms in total. The van der Waals surface area contributed by atoms with Gasteiger partial charge in [-0.05, 0) is 67.8 Å². The van der Waals surface area contributed by atoms with Crippen LogP contribution in [-0.2, 0) is 21.4 Å². The molecular formula is C22H27NO4. The molecule has 2 bridgehead atoms. The van der Waals surface area contributed by atoms with Crippen molar-refractivity contribution < 1.29 is 19.4 Å². The first-order valence-corrected chi connectivity index (χ1v) is 10.1. The van der Waals surface area contributed by atoms with E-state index in [1.807, 2.05) is 12.1 Å². The zero-order chi connectivity index (χ0) is 18.8. The Hall–Kier alpha value is -1.72. The van der Waals surface area contributed by atoms with Gasteiger partial charge in [-0.25, -0.2) is 0 Å². The summed E-state index contributed by atoms with van der Waals surface area (Å²) < 4.78 is 5.45. The highest BCUT2D eigenvalue weighted by molar-refractivity contribution is 5.95. The molecule has 4 aliphatic rings. The van der Waals surface area contributed by atoms with Crippen LogP contribution in [0.15, 0.2) is 18.2 Å². The molecule has 0 radical (unpaired) electrons. The molecule has 3 fully saturated rings. The second-order valence-electron chi connectivity index (χ2n) is 9.03. The van der Waals surface area contributed by atoms with Gasteiger partial charge in [0.1, 0.15) is 17.8 Å². The van der Waals surface area contributed by atoms with Crippen molar-refractivity contribution in [2.24, 2.45) is 11.8 Å². The average molecular weight is 369 g/mol. The number of aldehydes is 1. The van der Waals surface area contributed by atoms with Gasteiger partial charge in [0.2, 0.25) is 0 Å². The lowest BCUT2D eigenvalue weighted by Gasteiger charge is -2.64. The summed E-state index contributed by atoms with van der Waals surface area (Å²) in [6.07, 6.45) is 5.31. The Morgan fingerprint density at radius 2 is 2.19 bits per heavy atom. The lowest BCUT2D eigenvalue weighted by atomic mass is 9.48. The number of likely N-dealkylation sites (tertiary alicyclic amines) is 1. The highest BCUT2D eigenvalue weighted by atomic mass is 16.5. The predicted octanol–water partition coefficient (Wildman–Crippen LogP) is 1.88. The van der Waals surface area contributed by atoms with Crippen LogP contribution >= 0.6 is 0 Å². The lowest BCUT2D eigenvalue weighted by molar-refractivity contribution is -0.181. The van der Waals surface area contributed by atoms with Crippen LogP contribution in [0.4, 0.5) is 0 Å². The van der Waals surface area contributed by atoms with Crippen LogP contribution in [0.1, 0.15) is 43.2 Å².